The average molecular weight is 699 g/mol. The Kier molecular flexibility index (Phi) is 10.4. The molecule has 0 bridgehead atoms. The molecule has 49 heavy (non-hydrogen) atoms. The van der Waals surface area contributed by atoms with E-state index >= 15 is 0 Å². The molecular weight excluding hydrogens is 641 g/mol. The van der Waals surface area contributed by atoms with Crippen molar-refractivity contribution < 1.29 is 23.1 Å². The van der Waals surface area contributed by atoms with Gasteiger partial charge in [-0.3, -0.25) is 14.6 Å². The predicted octanol–water partition coefficient (Wildman–Crippen LogP) is 3.57. The van der Waals surface area contributed by atoms with Crippen LogP contribution in [0, 0.1) is 41.4 Å². The van der Waals surface area contributed by atoms with Crippen LogP contribution in [0.2, 0.25) is 0 Å². The van der Waals surface area contributed by atoms with Gasteiger partial charge in [0, 0.05) is 19.1 Å². The lowest BCUT2D eigenvalue weighted by Crippen LogP contribution is -2.58. The zero-order chi connectivity index (χ0) is 35.1. The minimum Gasteiger partial charge on any atom is -0.393 e. The molecule has 4 aliphatic carbocycles. The molecule has 1 aromatic rings. The van der Waals surface area contributed by atoms with E-state index in [4.69, 9.17) is 11.5 Å². The van der Waals surface area contributed by atoms with E-state index in [1.54, 1.807) is 17.0 Å². The number of rotatable bonds is 9. The number of nitrogens with zero attached hydrogens (tertiary/aromatic N) is 2. The standard InChI is InChI=1S/C37H58N6O5S/c1-23-8-11-26(12-9-23)49(47,48)42-35(39)40-20-4-6-30(38)34(46)43-21-5-7-31(43)33(45)41-32-15-14-28-27-13-10-24-22-25(44)16-18-36(24,2)29(27)17-19-37(28,32)3/h8-9,11-12,24-25,27-32,44H,4-7,10,13-22,38H2,1-3H3,(H,41,45)(H3,39,40,42). The predicted molar refractivity (Wildman–Crippen MR) is 190 cm³/mol. The molecule has 2 amide bonds. The van der Waals surface area contributed by atoms with Gasteiger partial charge in [0.25, 0.3) is 10.0 Å². The number of aliphatic hydroxyl groups excluding tert-OH is 1. The first kappa shape index (κ1) is 36.1. The van der Waals surface area contributed by atoms with Gasteiger partial charge >= 0.3 is 0 Å². The van der Waals surface area contributed by atoms with Crippen molar-refractivity contribution in [1.29, 1.82) is 0 Å². The molecule has 10 atom stereocenters. The number of benzene rings is 1. The first-order chi connectivity index (χ1) is 23.2. The molecular formula is C37H58N6O5S. The van der Waals surface area contributed by atoms with E-state index in [2.05, 4.69) is 28.9 Å². The van der Waals surface area contributed by atoms with Crippen LogP contribution >= 0.6 is 0 Å². The number of likely N-dealkylation sites (tertiary alicyclic amines) is 1. The maximum absolute atomic E-state index is 13.8. The van der Waals surface area contributed by atoms with Crippen LogP contribution < -0.4 is 21.5 Å². The first-order valence-corrected chi connectivity index (χ1v) is 20.1. The topological polar surface area (TPSA) is 180 Å². The molecule has 1 aliphatic heterocycles. The molecule has 5 aliphatic rings. The summed E-state index contributed by atoms with van der Waals surface area (Å²) in [5.41, 5.74) is 13.5. The molecule has 12 heteroatoms. The van der Waals surface area contributed by atoms with E-state index in [1.165, 1.54) is 31.4 Å². The zero-order valence-electron chi connectivity index (χ0n) is 29.6. The Bertz CT molecular complexity index is 1520. The summed E-state index contributed by atoms with van der Waals surface area (Å²) >= 11 is 0. The Morgan fingerprint density at radius 1 is 1.02 bits per heavy atom. The summed E-state index contributed by atoms with van der Waals surface area (Å²) in [6.45, 7) is 7.50. The molecule has 272 valence electrons. The van der Waals surface area contributed by atoms with E-state index in [1.807, 2.05) is 6.92 Å². The summed E-state index contributed by atoms with van der Waals surface area (Å²) in [4.78, 5) is 33.2. The Morgan fingerprint density at radius 3 is 2.49 bits per heavy atom. The lowest BCUT2D eigenvalue weighted by atomic mass is 9.45. The summed E-state index contributed by atoms with van der Waals surface area (Å²) in [5.74, 6) is 2.13. The van der Waals surface area contributed by atoms with Gasteiger partial charge < -0.3 is 26.8 Å². The minimum atomic E-state index is -3.84. The van der Waals surface area contributed by atoms with E-state index in [9.17, 15) is 23.1 Å². The van der Waals surface area contributed by atoms with Crippen LogP contribution in [-0.2, 0) is 19.6 Å². The third-order valence-corrected chi connectivity index (χ3v) is 15.0. The third kappa shape index (κ3) is 7.11. The minimum absolute atomic E-state index is 0.0535. The molecule has 5 fully saturated rings. The van der Waals surface area contributed by atoms with Gasteiger partial charge in [-0.15, -0.1) is 0 Å². The van der Waals surface area contributed by atoms with E-state index in [0.29, 0.717) is 54.9 Å². The van der Waals surface area contributed by atoms with Crippen molar-refractivity contribution in [1.82, 2.24) is 14.9 Å². The Morgan fingerprint density at radius 2 is 1.73 bits per heavy atom. The van der Waals surface area contributed by atoms with Crippen molar-refractivity contribution in [3.8, 4) is 0 Å². The molecule has 10 unspecified atom stereocenters. The summed E-state index contributed by atoms with van der Waals surface area (Å²) < 4.78 is 27.4. The quantitative estimate of drug-likeness (QED) is 0.149. The second-order valence-corrected chi connectivity index (χ2v) is 18.1. The number of carbonyl (C=O) groups excluding carboxylic acids is 2. The number of guanidine groups is 1. The summed E-state index contributed by atoms with van der Waals surface area (Å²) in [6, 6.07) is 5.25. The maximum atomic E-state index is 13.8. The number of aliphatic imine (C=N–C) groups is 1. The summed E-state index contributed by atoms with van der Waals surface area (Å²) in [5, 5.41) is 13.8. The number of fused-ring (bicyclic) bond motifs is 5. The van der Waals surface area contributed by atoms with Gasteiger partial charge in [0.2, 0.25) is 17.8 Å². The van der Waals surface area contributed by atoms with Gasteiger partial charge in [-0.1, -0.05) is 31.5 Å². The highest BCUT2D eigenvalue weighted by Crippen LogP contribution is 2.66. The number of amides is 2. The molecule has 1 aromatic carbocycles. The second kappa shape index (κ2) is 14.1. The number of nitrogens with one attached hydrogen (secondary N) is 2. The van der Waals surface area contributed by atoms with Crippen molar-refractivity contribution in [3.63, 3.8) is 0 Å². The average Bonchev–Trinajstić information content (AvgIpc) is 3.68. The van der Waals surface area contributed by atoms with Gasteiger partial charge in [-0.2, -0.15) is 0 Å². The molecule has 7 N–H and O–H groups in total. The van der Waals surface area contributed by atoms with Crippen LogP contribution in [0.4, 0.5) is 0 Å². The highest BCUT2D eigenvalue weighted by Gasteiger charge is 2.60. The Labute approximate surface area is 292 Å². The molecule has 0 radical (unpaired) electrons. The molecule has 1 heterocycles. The maximum Gasteiger partial charge on any atom is 0.264 e. The van der Waals surface area contributed by atoms with Gasteiger partial charge in [0.15, 0.2) is 0 Å². The first-order valence-electron chi connectivity index (χ1n) is 18.7. The number of hydrogen-bond donors (Lipinski definition) is 5. The van der Waals surface area contributed by atoms with E-state index in [0.717, 1.165) is 50.5 Å². The number of nitrogens with two attached hydrogens (primary N) is 2. The highest BCUT2D eigenvalue weighted by atomic mass is 32.2. The SMILES string of the molecule is Cc1ccc(S(=O)(=O)NC(N)=NCCCC(N)C(=O)N2CCCC2C(=O)NC2CCC3C4CCC5CC(O)CCC5(C)C4CCC23C)cc1. The number of sulfonamides is 1. The second-order valence-electron chi connectivity index (χ2n) is 16.4. The fraction of sp³-hybridized carbons (Fsp3) is 0.757. The monoisotopic (exact) mass is 698 g/mol. The fourth-order valence-electron chi connectivity index (χ4n) is 10.8. The lowest BCUT2D eigenvalue weighted by Gasteiger charge is -2.61. The molecule has 1 saturated heterocycles. The Hall–Kier alpha value is -2.70. The van der Waals surface area contributed by atoms with Crippen molar-refractivity contribution in [2.24, 2.45) is 51.0 Å². The smallest absolute Gasteiger partial charge is 0.264 e. The summed E-state index contributed by atoms with van der Waals surface area (Å²) in [6.07, 6.45) is 12.0. The van der Waals surface area contributed by atoms with Gasteiger partial charge in [-0.05, 0) is 137 Å². The van der Waals surface area contributed by atoms with Crippen molar-refractivity contribution >= 4 is 27.8 Å². The van der Waals surface area contributed by atoms with Crippen LogP contribution in [0.15, 0.2) is 34.2 Å². The van der Waals surface area contributed by atoms with Crippen molar-refractivity contribution in [2.75, 3.05) is 13.1 Å². The highest BCUT2D eigenvalue weighted by molar-refractivity contribution is 7.90. The van der Waals surface area contributed by atoms with Crippen LogP contribution in [-0.4, -0.2) is 73.5 Å². The number of hydrogen-bond acceptors (Lipinski definition) is 7. The van der Waals surface area contributed by atoms with Crippen molar-refractivity contribution in [3.05, 3.63) is 29.8 Å². The summed E-state index contributed by atoms with van der Waals surface area (Å²) in [7, 11) is -3.84. The van der Waals surface area contributed by atoms with Crippen LogP contribution in [0.3, 0.4) is 0 Å². The van der Waals surface area contributed by atoms with Crippen molar-refractivity contribution in [2.45, 2.75) is 133 Å². The molecule has 4 saturated carbocycles. The number of aryl methyl sites for hydroxylation is 1. The molecule has 6 rings (SSSR count). The zero-order valence-corrected chi connectivity index (χ0v) is 30.4. The van der Waals surface area contributed by atoms with Gasteiger partial charge in [-0.25, -0.2) is 13.1 Å². The number of carbonyl (C=O) groups is 2. The van der Waals surface area contributed by atoms with Gasteiger partial charge in [0.05, 0.1) is 17.0 Å². The largest absolute Gasteiger partial charge is 0.393 e. The fourth-order valence-corrected chi connectivity index (χ4v) is 11.8. The molecule has 0 aromatic heterocycles. The van der Waals surface area contributed by atoms with Crippen LogP contribution in [0.25, 0.3) is 0 Å². The third-order valence-electron chi connectivity index (χ3n) is 13.6. The van der Waals surface area contributed by atoms with E-state index in [-0.39, 0.29) is 46.8 Å². The Balaban J connectivity index is 0.996. The van der Waals surface area contributed by atoms with Crippen LogP contribution in [0.1, 0.15) is 103 Å². The normalized spacial score (nSPS) is 36.7. The number of aliphatic hydroxyl groups is 1. The molecule has 11 nitrogen and oxygen atoms in total. The molecule has 0 spiro atoms. The lowest BCUT2D eigenvalue weighted by molar-refractivity contribution is -0.141. The van der Waals surface area contributed by atoms with E-state index < -0.39 is 22.1 Å². The van der Waals surface area contributed by atoms with Gasteiger partial charge in [0.1, 0.15) is 6.04 Å². The van der Waals surface area contributed by atoms with Crippen LogP contribution in [0.5, 0.6) is 0 Å².